The first kappa shape index (κ1) is 15.7. The van der Waals surface area contributed by atoms with Crippen molar-refractivity contribution in [2.24, 2.45) is 13.0 Å². The third-order valence-electron chi connectivity index (χ3n) is 4.55. The highest BCUT2D eigenvalue weighted by Gasteiger charge is 2.43. The minimum Gasteiger partial charge on any atom is -0.352 e. The Morgan fingerprint density at radius 2 is 2.26 bits per heavy atom. The molecule has 2 aromatic rings. The molecule has 1 aliphatic rings. The van der Waals surface area contributed by atoms with Gasteiger partial charge >= 0.3 is 0 Å². The lowest BCUT2D eigenvalue weighted by molar-refractivity contribution is -0.128. The second-order valence-corrected chi connectivity index (χ2v) is 6.85. The number of carbonyl (C=O) groups is 2. The molecule has 2 aromatic heterocycles. The lowest BCUT2D eigenvalue weighted by Crippen LogP contribution is -2.34. The fraction of sp³-hybridized carbons (Fsp3) is 0.438. The zero-order valence-electron chi connectivity index (χ0n) is 13.4. The van der Waals surface area contributed by atoms with Gasteiger partial charge in [0.2, 0.25) is 11.8 Å². The molecule has 0 radical (unpaired) electrons. The Bertz CT molecular complexity index is 723. The zero-order valence-corrected chi connectivity index (χ0v) is 14.3. The summed E-state index contributed by atoms with van der Waals surface area (Å²) in [5.74, 6) is -0.409. The van der Waals surface area contributed by atoms with E-state index >= 15 is 0 Å². The van der Waals surface area contributed by atoms with Crippen molar-refractivity contribution < 1.29 is 9.59 Å². The van der Waals surface area contributed by atoms with Crippen LogP contribution in [0.2, 0.25) is 0 Å². The first-order chi connectivity index (χ1) is 11.0. The number of likely N-dealkylation sites (tertiary alicyclic amines) is 1. The molecule has 1 fully saturated rings. The molecule has 1 aliphatic heterocycles. The number of carbonyl (C=O) groups excluding carboxylic acids is 2. The maximum Gasteiger partial charge on any atom is 0.226 e. The fourth-order valence-electron chi connectivity index (χ4n) is 2.98. The summed E-state index contributed by atoms with van der Waals surface area (Å²) >= 11 is 1.58. The van der Waals surface area contributed by atoms with Crippen molar-refractivity contribution in [1.82, 2.24) is 20.0 Å². The maximum absolute atomic E-state index is 12.6. The zero-order chi connectivity index (χ0) is 16.6. The predicted molar refractivity (Wildman–Crippen MR) is 87.7 cm³/mol. The molecule has 0 aliphatic carbocycles. The number of hydrogen-bond donors (Lipinski definition) is 1. The van der Waals surface area contributed by atoms with Crippen molar-refractivity contribution in [3.05, 3.63) is 39.8 Å². The van der Waals surface area contributed by atoms with Gasteiger partial charge in [0.05, 0.1) is 18.2 Å². The molecule has 2 amide bonds. The predicted octanol–water partition coefficient (Wildman–Crippen LogP) is 1.63. The van der Waals surface area contributed by atoms with Crippen LogP contribution in [0, 0.1) is 12.8 Å². The average Bonchev–Trinajstić information content (AvgIpc) is 3.22. The highest BCUT2D eigenvalue weighted by Crippen LogP contribution is 2.39. The largest absolute Gasteiger partial charge is 0.352 e. The second kappa shape index (κ2) is 6.16. The molecular formula is C16H20N4O2S. The Morgan fingerprint density at radius 3 is 2.87 bits per heavy atom. The number of aryl methyl sites for hydroxylation is 1. The quantitative estimate of drug-likeness (QED) is 0.925. The molecule has 0 spiro atoms. The number of amides is 2. The van der Waals surface area contributed by atoms with Crippen molar-refractivity contribution in [2.75, 3.05) is 7.05 Å². The molecule has 3 heterocycles. The summed E-state index contributed by atoms with van der Waals surface area (Å²) in [5.41, 5.74) is 2.02. The van der Waals surface area contributed by atoms with E-state index in [1.54, 1.807) is 34.2 Å². The SMILES string of the molecule is Cc1c(CNC(=O)C2CC(=O)N(C)C2c2cccs2)cnn1C. The third kappa shape index (κ3) is 2.88. The monoisotopic (exact) mass is 332 g/mol. The highest BCUT2D eigenvalue weighted by atomic mass is 32.1. The minimum absolute atomic E-state index is 0.0149. The van der Waals surface area contributed by atoms with Crippen LogP contribution >= 0.6 is 11.3 Å². The van der Waals surface area contributed by atoms with Gasteiger partial charge in [0, 0.05) is 43.2 Å². The topological polar surface area (TPSA) is 67.2 Å². The molecule has 122 valence electrons. The summed E-state index contributed by atoms with van der Waals surface area (Å²) in [4.78, 5) is 27.4. The van der Waals surface area contributed by atoms with Gasteiger partial charge in [-0.2, -0.15) is 5.10 Å². The van der Waals surface area contributed by atoms with Gasteiger partial charge in [-0.25, -0.2) is 0 Å². The van der Waals surface area contributed by atoms with Crippen molar-refractivity contribution in [3.63, 3.8) is 0 Å². The van der Waals surface area contributed by atoms with Crippen LogP contribution in [-0.2, 0) is 23.2 Å². The van der Waals surface area contributed by atoms with E-state index in [2.05, 4.69) is 10.4 Å². The highest BCUT2D eigenvalue weighted by molar-refractivity contribution is 7.10. The second-order valence-electron chi connectivity index (χ2n) is 5.87. The van der Waals surface area contributed by atoms with Crippen LogP contribution in [0.1, 0.15) is 28.6 Å². The summed E-state index contributed by atoms with van der Waals surface area (Å²) < 4.78 is 1.78. The molecule has 0 bridgehead atoms. The van der Waals surface area contributed by atoms with Crippen molar-refractivity contribution in [2.45, 2.75) is 25.9 Å². The van der Waals surface area contributed by atoms with Crippen LogP contribution in [0.3, 0.4) is 0 Å². The molecule has 3 rings (SSSR count). The molecule has 6 nitrogen and oxygen atoms in total. The molecule has 7 heteroatoms. The smallest absolute Gasteiger partial charge is 0.226 e. The molecular weight excluding hydrogens is 312 g/mol. The van der Waals surface area contributed by atoms with E-state index in [4.69, 9.17) is 0 Å². The van der Waals surface area contributed by atoms with Gasteiger partial charge in [-0.05, 0) is 18.4 Å². The number of rotatable bonds is 4. The number of hydrogen-bond acceptors (Lipinski definition) is 4. The van der Waals surface area contributed by atoms with Gasteiger partial charge in [-0.15, -0.1) is 11.3 Å². The van der Waals surface area contributed by atoms with Gasteiger partial charge in [-0.3, -0.25) is 14.3 Å². The lowest BCUT2D eigenvalue weighted by atomic mass is 9.98. The Labute approximate surface area is 139 Å². The number of thiophene rings is 1. The Hall–Kier alpha value is -2.15. The van der Waals surface area contributed by atoms with E-state index in [0.29, 0.717) is 6.54 Å². The molecule has 2 atom stereocenters. The van der Waals surface area contributed by atoms with Gasteiger partial charge in [0.1, 0.15) is 0 Å². The van der Waals surface area contributed by atoms with E-state index in [0.717, 1.165) is 16.1 Å². The normalized spacial score (nSPS) is 21.0. The van der Waals surface area contributed by atoms with E-state index < -0.39 is 0 Å². The minimum atomic E-state index is -0.344. The molecule has 23 heavy (non-hydrogen) atoms. The van der Waals surface area contributed by atoms with E-state index in [1.165, 1.54) is 0 Å². The van der Waals surface area contributed by atoms with Gasteiger partial charge in [0.25, 0.3) is 0 Å². The third-order valence-corrected chi connectivity index (χ3v) is 5.49. The van der Waals surface area contributed by atoms with Gasteiger partial charge in [-0.1, -0.05) is 6.07 Å². The summed E-state index contributed by atoms with van der Waals surface area (Å²) in [6, 6.07) is 3.76. The summed E-state index contributed by atoms with van der Waals surface area (Å²) in [6.07, 6.45) is 2.02. The Balaban J connectivity index is 1.73. The van der Waals surface area contributed by atoms with Crippen LogP contribution in [0.4, 0.5) is 0 Å². The van der Waals surface area contributed by atoms with Crippen molar-refractivity contribution in [3.8, 4) is 0 Å². The number of aromatic nitrogens is 2. The van der Waals surface area contributed by atoms with Crippen LogP contribution in [0.15, 0.2) is 23.7 Å². The summed E-state index contributed by atoms with van der Waals surface area (Å²) in [5, 5.41) is 9.11. The molecule has 1 saturated heterocycles. The van der Waals surface area contributed by atoms with Gasteiger partial charge < -0.3 is 10.2 Å². The van der Waals surface area contributed by atoms with E-state index in [-0.39, 0.29) is 30.2 Å². The molecule has 0 aromatic carbocycles. The number of nitrogens with one attached hydrogen (secondary N) is 1. The average molecular weight is 332 g/mol. The van der Waals surface area contributed by atoms with Gasteiger partial charge in [0.15, 0.2) is 0 Å². The van der Waals surface area contributed by atoms with E-state index in [9.17, 15) is 9.59 Å². The van der Waals surface area contributed by atoms with Crippen LogP contribution in [-0.4, -0.2) is 33.5 Å². The molecule has 2 unspecified atom stereocenters. The first-order valence-electron chi connectivity index (χ1n) is 7.53. The maximum atomic E-state index is 12.6. The van der Waals surface area contributed by atoms with Crippen molar-refractivity contribution in [1.29, 1.82) is 0 Å². The standard InChI is InChI=1S/C16H20N4O2S/c1-10-11(9-18-20(10)3)8-17-16(22)12-7-14(21)19(2)15(12)13-5-4-6-23-13/h4-6,9,12,15H,7-8H2,1-3H3,(H,17,22). The Morgan fingerprint density at radius 1 is 1.48 bits per heavy atom. The molecule has 0 saturated carbocycles. The first-order valence-corrected chi connectivity index (χ1v) is 8.41. The lowest BCUT2D eigenvalue weighted by Gasteiger charge is -2.23. The molecule has 1 N–H and O–H groups in total. The fourth-order valence-corrected chi connectivity index (χ4v) is 3.92. The Kier molecular flexibility index (Phi) is 4.21. The number of nitrogens with zero attached hydrogens (tertiary/aromatic N) is 3. The van der Waals surface area contributed by atoms with Crippen molar-refractivity contribution >= 4 is 23.2 Å². The summed E-state index contributed by atoms with van der Waals surface area (Å²) in [6.45, 7) is 2.40. The van der Waals surface area contributed by atoms with Crippen LogP contribution in [0.25, 0.3) is 0 Å². The van der Waals surface area contributed by atoms with Crippen LogP contribution in [0.5, 0.6) is 0 Å². The van der Waals surface area contributed by atoms with E-state index in [1.807, 2.05) is 31.5 Å². The van der Waals surface area contributed by atoms with Crippen LogP contribution < -0.4 is 5.32 Å². The summed E-state index contributed by atoms with van der Waals surface area (Å²) in [7, 11) is 3.64.